The van der Waals surface area contributed by atoms with Crippen molar-refractivity contribution in [3.8, 4) is 0 Å². The fraction of sp³-hybridized carbons (Fsp3) is 0.615. The predicted octanol–water partition coefficient (Wildman–Crippen LogP) is 3.95. The molecule has 1 fully saturated rings. The average molecular weight is 279 g/mol. The van der Waals surface area contributed by atoms with Gasteiger partial charge in [0.25, 0.3) is 5.56 Å². The van der Waals surface area contributed by atoms with Crippen molar-refractivity contribution in [2.24, 2.45) is 5.92 Å². The molecule has 1 N–H and O–H groups in total. The highest BCUT2D eigenvalue weighted by molar-refractivity contribution is 5.02. The first kappa shape index (κ1) is 15.7. The number of aryl methyl sites for hydroxylation is 1. The molecule has 0 atom stereocenters. The van der Waals surface area contributed by atoms with Crippen LogP contribution in [0.3, 0.4) is 0 Å². The van der Waals surface area contributed by atoms with Gasteiger partial charge in [0.2, 0.25) is 0 Å². The van der Waals surface area contributed by atoms with Gasteiger partial charge in [-0.15, -0.1) is 0 Å². The second kappa shape index (κ2) is 6.73. The van der Waals surface area contributed by atoms with Crippen molar-refractivity contribution in [3.05, 3.63) is 34.0 Å². The maximum atomic E-state index is 12.2. The summed E-state index contributed by atoms with van der Waals surface area (Å²) >= 11 is 0. The Balaban J connectivity index is 0.000000191. The van der Waals surface area contributed by atoms with Gasteiger partial charge in [-0.1, -0.05) is 19.3 Å². The largest absolute Gasteiger partial charge is 0.391 e. The van der Waals surface area contributed by atoms with Crippen molar-refractivity contribution in [2.75, 3.05) is 0 Å². The number of H-pyrrole nitrogens is 1. The lowest BCUT2D eigenvalue weighted by Crippen LogP contribution is -2.24. The topological polar surface area (TPSA) is 32.9 Å². The molecule has 0 unspecified atom stereocenters. The van der Waals surface area contributed by atoms with Gasteiger partial charge in [-0.3, -0.25) is 4.79 Å². The molecule has 0 bridgehead atoms. The molecule has 2 nitrogen and oxygen atoms in total. The van der Waals surface area contributed by atoms with E-state index >= 15 is 0 Å². The summed E-state index contributed by atoms with van der Waals surface area (Å²) in [5, 5.41) is 0. The molecule has 108 valence electrons. The number of alkyl halides is 3. The Morgan fingerprint density at radius 1 is 1.16 bits per heavy atom. The lowest BCUT2D eigenvalue weighted by molar-refractivity contribution is -0.181. The minimum atomic E-state index is -3.93. The lowest BCUT2D eigenvalue weighted by Gasteiger charge is -2.23. The molecule has 1 aliphatic rings. The third-order valence-corrected chi connectivity index (χ3v) is 3.08. The standard InChI is InChI=1S/C7H11F3.C6H6FNO/c8-7(9,10)6-4-2-1-3-5-6;1-4-2-3-5(7)6(9)8-4/h6H,1-5H2;2-3H,1H3,(H,8,9). The van der Waals surface area contributed by atoms with Gasteiger partial charge in [-0.05, 0) is 31.9 Å². The van der Waals surface area contributed by atoms with Crippen LogP contribution in [0.25, 0.3) is 0 Å². The Bertz CT molecular complexity index is 447. The summed E-state index contributed by atoms with van der Waals surface area (Å²) in [6.45, 7) is 1.70. The number of aromatic amines is 1. The zero-order valence-electron chi connectivity index (χ0n) is 10.7. The van der Waals surface area contributed by atoms with Crippen LogP contribution in [-0.4, -0.2) is 11.2 Å². The monoisotopic (exact) mass is 279 g/mol. The minimum absolute atomic E-state index is 0.351. The Morgan fingerprint density at radius 3 is 2.11 bits per heavy atom. The lowest BCUT2D eigenvalue weighted by atomic mass is 9.89. The van der Waals surface area contributed by atoms with Crippen LogP contribution in [0, 0.1) is 18.7 Å². The Morgan fingerprint density at radius 2 is 1.74 bits per heavy atom. The smallest absolute Gasteiger partial charge is 0.324 e. The van der Waals surface area contributed by atoms with Gasteiger partial charge in [0.05, 0.1) is 5.92 Å². The third-order valence-electron chi connectivity index (χ3n) is 3.08. The van der Waals surface area contributed by atoms with Crippen molar-refractivity contribution in [3.63, 3.8) is 0 Å². The van der Waals surface area contributed by atoms with E-state index in [-0.39, 0.29) is 0 Å². The van der Waals surface area contributed by atoms with E-state index in [9.17, 15) is 22.4 Å². The molecular weight excluding hydrogens is 262 g/mol. The van der Waals surface area contributed by atoms with Crippen molar-refractivity contribution >= 4 is 0 Å². The number of hydrogen-bond donors (Lipinski definition) is 1. The van der Waals surface area contributed by atoms with E-state index in [1.807, 2.05) is 0 Å². The molecule has 0 spiro atoms. The first-order valence-corrected chi connectivity index (χ1v) is 6.23. The van der Waals surface area contributed by atoms with Gasteiger partial charge >= 0.3 is 6.18 Å². The summed E-state index contributed by atoms with van der Waals surface area (Å²) in [4.78, 5) is 12.7. The normalized spacial score (nSPS) is 16.7. The molecule has 2 rings (SSSR count). The second-order valence-electron chi connectivity index (χ2n) is 4.69. The minimum Gasteiger partial charge on any atom is -0.324 e. The fourth-order valence-corrected chi connectivity index (χ4v) is 1.98. The van der Waals surface area contributed by atoms with E-state index in [4.69, 9.17) is 0 Å². The van der Waals surface area contributed by atoms with Crippen LogP contribution in [0.1, 0.15) is 37.8 Å². The van der Waals surface area contributed by atoms with E-state index in [0.717, 1.165) is 25.3 Å². The number of nitrogens with one attached hydrogen (secondary N) is 1. The Labute approximate surface area is 108 Å². The molecule has 6 heteroatoms. The summed E-state index contributed by atoms with van der Waals surface area (Å²) in [7, 11) is 0. The summed E-state index contributed by atoms with van der Waals surface area (Å²) in [6, 6.07) is 2.66. The molecule has 0 radical (unpaired) electrons. The highest BCUT2D eigenvalue weighted by atomic mass is 19.4. The van der Waals surface area contributed by atoms with Crippen molar-refractivity contribution in [1.82, 2.24) is 4.98 Å². The predicted molar refractivity (Wildman–Crippen MR) is 64.4 cm³/mol. The van der Waals surface area contributed by atoms with E-state index in [0.29, 0.717) is 18.5 Å². The molecule has 0 aliphatic heterocycles. The molecule has 0 saturated heterocycles. The van der Waals surface area contributed by atoms with Crippen LogP contribution in [0.2, 0.25) is 0 Å². The first-order valence-electron chi connectivity index (χ1n) is 6.23. The first-order chi connectivity index (χ1) is 8.80. The summed E-state index contributed by atoms with van der Waals surface area (Å²) < 4.78 is 48.0. The van der Waals surface area contributed by atoms with E-state index in [1.54, 1.807) is 6.92 Å². The van der Waals surface area contributed by atoms with Crippen LogP contribution in [0.5, 0.6) is 0 Å². The number of pyridine rings is 1. The molecular formula is C13H17F4NO. The van der Waals surface area contributed by atoms with Crippen LogP contribution >= 0.6 is 0 Å². The number of aromatic nitrogens is 1. The van der Waals surface area contributed by atoms with Crippen LogP contribution in [0.4, 0.5) is 17.6 Å². The van der Waals surface area contributed by atoms with Gasteiger partial charge < -0.3 is 4.98 Å². The molecule has 1 aromatic heterocycles. The highest BCUT2D eigenvalue weighted by Crippen LogP contribution is 2.37. The van der Waals surface area contributed by atoms with Gasteiger partial charge in [-0.2, -0.15) is 13.2 Å². The molecule has 1 saturated carbocycles. The summed E-state index contributed by atoms with van der Waals surface area (Å²) in [6.07, 6.45) is -0.742. The van der Waals surface area contributed by atoms with Crippen LogP contribution in [0.15, 0.2) is 16.9 Å². The summed E-state index contributed by atoms with van der Waals surface area (Å²) in [5.74, 6) is -1.73. The SMILES string of the molecule is Cc1ccc(F)c(=O)[nH]1.FC(F)(F)C1CCCCC1. The Hall–Kier alpha value is -1.33. The molecule has 1 heterocycles. The molecule has 1 aromatic rings. The zero-order chi connectivity index (χ0) is 14.5. The van der Waals surface area contributed by atoms with Gasteiger partial charge in [-0.25, -0.2) is 4.39 Å². The average Bonchev–Trinajstić information content (AvgIpc) is 2.35. The zero-order valence-corrected chi connectivity index (χ0v) is 10.7. The van der Waals surface area contributed by atoms with Crippen LogP contribution < -0.4 is 5.56 Å². The Kier molecular flexibility index (Phi) is 5.57. The third kappa shape index (κ3) is 5.44. The quantitative estimate of drug-likeness (QED) is 0.717. The maximum absolute atomic E-state index is 12.2. The van der Waals surface area contributed by atoms with Crippen molar-refractivity contribution in [2.45, 2.75) is 45.2 Å². The second-order valence-corrected chi connectivity index (χ2v) is 4.69. The summed E-state index contributed by atoms with van der Waals surface area (Å²) in [5.41, 5.74) is 0.0106. The maximum Gasteiger partial charge on any atom is 0.391 e. The highest BCUT2D eigenvalue weighted by Gasteiger charge is 2.39. The van der Waals surface area contributed by atoms with E-state index < -0.39 is 23.5 Å². The van der Waals surface area contributed by atoms with Crippen molar-refractivity contribution < 1.29 is 17.6 Å². The molecule has 0 aromatic carbocycles. The van der Waals surface area contributed by atoms with Crippen LogP contribution in [-0.2, 0) is 0 Å². The van der Waals surface area contributed by atoms with Gasteiger partial charge in [0.15, 0.2) is 5.82 Å². The molecule has 19 heavy (non-hydrogen) atoms. The van der Waals surface area contributed by atoms with E-state index in [1.165, 1.54) is 6.07 Å². The molecule has 1 aliphatic carbocycles. The number of hydrogen-bond acceptors (Lipinski definition) is 1. The molecule has 0 amide bonds. The van der Waals surface area contributed by atoms with Gasteiger partial charge in [0.1, 0.15) is 0 Å². The number of halogens is 4. The number of rotatable bonds is 0. The van der Waals surface area contributed by atoms with Crippen molar-refractivity contribution in [1.29, 1.82) is 0 Å². The fourth-order valence-electron chi connectivity index (χ4n) is 1.98. The van der Waals surface area contributed by atoms with Gasteiger partial charge in [0, 0.05) is 5.69 Å². The van der Waals surface area contributed by atoms with E-state index in [2.05, 4.69) is 4.98 Å².